The molecule has 0 radical (unpaired) electrons. The lowest BCUT2D eigenvalue weighted by Gasteiger charge is -2.42. The quantitative estimate of drug-likeness (QED) is 0.173. The van der Waals surface area contributed by atoms with E-state index in [-0.39, 0.29) is 46.0 Å². The van der Waals surface area contributed by atoms with E-state index in [4.69, 9.17) is 37.9 Å². The summed E-state index contributed by atoms with van der Waals surface area (Å²) in [5.74, 6) is 5.95. The van der Waals surface area contributed by atoms with E-state index in [1.54, 1.807) is 0 Å². The van der Waals surface area contributed by atoms with Gasteiger partial charge in [0, 0.05) is 33.0 Å². The molecule has 0 N–H and O–H groups in total. The number of ketones is 1. The van der Waals surface area contributed by atoms with E-state index in [1.165, 1.54) is 0 Å². The maximum absolute atomic E-state index is 15.1. The molecule has 6 aromatic rings. The Bertz CT molecular complexity index is 2530. The molecule has 6 heterocycles. The Morgan fingerprint density at radius 2 is 0.870 bits per heavy atom. The van der Waals surface area contributed by atoms with E-state index < -0.39 is 0 Å². The van der Waals surface area contributed by atoms with Crippen molar-refractivity contribution >= 4 is 38.7 Å². The van der Waals surface area contributed by atoms with Crippen LogP contribution in [0.5, 0.6) is 46.0 Å². The van der Waals surface area contributed by atoms with E-state index in [9.17, 15) is 0 Å². The van der Waals surface area contributed by atoms with E-state index in [2.05, 4.69) is 62.6 Å². The minimum Gasteiger partial charge on any atom is -0.454 e. The molecular formula is C43H34N2O9+2. The molecule has 0 amide bonds. The highest BCUT2D eigenvalue weighted by atomic mass is 16.7. The van der Waals surface area contributed by atoms with Gasteiger partial charge in [-0.3, -0.25) is 13.8 Å². The van der Waals surface area contributed by atoms with Crippen molar-refractivity contribution in [3.8, 4) is 68.2 Å². The number of hydrogen-bond donors (Lipinski definition) is 0. The number of rotatable bonds is 4. The predicted molar refractivity (Wildman–Crippen MR) is 201 cm³/mol. The fourth-order valence-corrected chi connectivity index (χ4v) is 9.83. The second-order valence-electron chi connectivity index (χ2n) is 15.4. The van der Waals surface area contributed by atoms with E-state index >= 15 is 4.79 Å². The maximum Gasteiger partial charge on any atom is 0.241 e. The van der Waals surface area contributed by atoms with Crippen LogP contribution in [0.4, 0.5) is 11.4 Å². The Balaban J connectivity index is 1.01. The third kappa shape index (κ3) is 4.10. The summed E-state index contributed by atoms with van der Waals surface area (Å²) in [6, 6.07) is 25.0. The molecule has 2 unspecified atom stereocenters. The molecule has 2 atom stereocenters. The molecule has 0 fully saturated rings. The van der Waals surface area contributed by atoms with Crippen LogP contribution in [-0.4, -0.2) is 60.1 Å². The Hall–Kier alpha value is -6.17. The number of quaternary nitrogens is 2. The molecule has 6 aliphatic heterocycles. The molecule has 0 saturated carbocycles. The van der Waals surface area contributed by atoms with Crippen LogP contribution in [-0.2, 0) is 17.9 Å². The number of Topliss-reactive ketones (excluding diaryl/α,β-unsaturated/α-hetero) is 1. The highest BCUT2D eigenvalue weighted by Gasteiger charge is 2.46. The van der Waals surface area contributed by atoms with Crippen LogP contribution < -0.4 is 46.9 Å². The second kappa shape index (κ2) is 10.5. The van der Waals surface area contributed by atoms with Gasteiger partial charge in [0.2, 0.25) is 33.0 Å². The molecule has 0 saturated heterocycles. The fraction of sp³-hybridized carbons (Fsp3) is 0.233. The van der Waals surface area contributed by atoms with Gasteiger partial charge >= 0.3 is 0 Å². The fourth-order valence-electron chi connectivity index (χ4n) is 9.83. The summed E-state index contributed by atoms with van der Waals surface area (Å²) < 4.78 is 47.8. The molecule has 6 aromatic carbocycles. The zero-order valence-electron chi connectivity index (χ0n) is 29.7. The van der Waals surface area contributed by atoms with Gasteiger partial charge in [-0.05, 0) is 71.4 Å². The van der Waals surface area contributed by atoms with Gasteiger partial charge in [0.25, 0.3) is 0 Å². The van der Waals surface area contributed by atoms with Crippen molar-refractivity contribution in [2.75, 3.05) is 54.4 Å². The molecule has 54 heavy (non-hydrogen) atoms. The first kappa shape index (κ1) is 30.3. The lowest BCUT2D eigenvalue weighted by Crippen LogP contribution is -2.56. The van der Waals surface area contributed by atoms with E-state index in [0.29, 0.717) is 33.6 Å². The summed E-state index contributed by atoms with van der Waals surface area (Å²) >= 11 is 0. The van der Waals surface area contributed by atoms with Gasteiger partial charge in [0.15, 0.2) is 46.0 Å². The van der Waals surface area contributed by atoms with Crippen LogP contribution >= 0.6 is 0 Å². The van der Waals surface area contributed by atoms with Crippen LogP contribution in [0.3, 0.4) is 0 Å². The molecule has 268 valence electrons. The summed E-state index contributed by atoms with van der Waals surface area (Å²) in [6.07, 6.45) is 0. The third-order valence-corrected chi connectivity index (χ3v) is 12.0. The Morgan fingerprint density at radius 1 is 0.481 bits per heavy atom. The first-order valence-electron chi connectivity index (χ1n) is 18.1. The standard InChI is InChI=1S/C43H34N2O9/c1-44(17-32-26(7-9-34-42(32)53-21-47-34)28-5-3-23-11-36-38(51-19-49-36)13-30(23)40(28)44)15-25(46)16-45(2)18-33-27(8-10-35-43(33)54-22-48-35)29-6-4-24-12-37-39(52-20-50-37)14-31(24)41(29)45/h3-14H,15-22H2,1-2H3/q+2. The molecule has 0 bridgehead atoms. The Labute approximate surface area is 309 Å². The summed E-state index contributed by atoms with van der Waals surface area (Å²) in [5, 5.41) is 4.12. The Morgan fingerprint density at radius 3 is 1.33 bits per heavy atom. The van der Waals surface area contributed by atoms with Gasteiger partial charge in [0.1, 0.15) is 37.6 Å². The number of hydrogen-bond acceptors (Lipinski definition) is 9. The molecular weight excluding hydrogens is 688 g/mol. The summed E-state index contributed by atoms with van der Waals surface area (Å²) in [6.45, 7) is 2.28. The van der Waals surface area contributed by atoms with Crippen molar-refractivity contribution in [2.45, 2.75) is 13.1 Å². The maximum atomic E-state index is 15.1. The number of carbonyl (C=O) groups is 1. The van der Waals surface area contributed by atoms with Gasteiger partial charge in [-0.1, -0.05) is 12.1 Å². The van der Waals surface area contributed by atoms with Crippen LogP contribution in [0.25, 0.3) is 43.8 Å². The zero-order valence-corrected chi connectivity index (χ0v) is 29.7. The summed E-state index contributed by atoms with van der Waals surface area (Å²) in [5.41, 5.74) is 8.50. The van der Waals surface area contributed by atoms with Gasteiger partial charge in [-0.2, -0.15) is 0 Å². The number of benzene rings is 6. The first-order chi connectivity index (χ1) is 26.3. The van der Waals surface area contributed by atoms with Crippen molar-refractivity contribution in [1.29, 1.82) is 0 Å². The smallest absolute Gasteiger partial charge is 0.241 e. The number of carbonyl (C=O) groups excluding carboxylic acids is 1. The van der Waals surface area contributed by atoms with Crippen molar-refractivity contribution in [3.05, 3.63) is 83.9 Å². The first-order valence-corrected chi connectivity index (χ1v) is 18.1. The molecule has 0 spiro atoms. The van der Waals surface area contributed by atoms with Gasteiger partial charge < -0.3 is 37.9 Å². The lowest BCUT2D eigenvalue weighted by molar-refractivity contribution is -0.120. The number of fused-ring (bicyclic) bond motifs is 16. The molecule has 11 heteroatoms. The highest BCUT2D eigenvalue weighted by Crippen LogP contribution is 2.55. The predicted octanol–water partition coefficient (Wildman–Crippen LogP) is 7.41. The highest BCUT2D eigenvalue weighted by molar-refractivity contribution is 6.07. The molecule has 11 nitrogen and oxygen atoms in total. The zero-order chi connectivity index (χ0) is 35.9. The third-order valence-electron chi connectivity index (χ3n) is 12.0. The minimum atomic E-state index is 0.119. The average Bonchev–Trinajstić information content (AvgIpc) is 3.99. The van der Waals surface area contributed by atoms with Gasteiger partial charge in [0.05, 0.1) is 25.2 Å². The molecule has 0 aliphatic carbocycles. The SMILES string of the molecule is C[N+]1(CC(=O)C[N+]2(C)Cc3c(ccc4c3OCO4)-c3ccc4cc5c(cc4c32)OCO5)Cc2c(ccc3c2OCO3)-c2ccc3cc4c(cc3c21)OCO4. The summed E-state index contributed by atoms with van der Waals surface area (Å²) in [4.78, 5) is 15.1. The van der Waals surface area contributed by atoms with E-state index in [0.717, 1.165) is 101 Å². The van der Waals surface area contributed by atoms with Crippen LogP contribution in [0.1, 0.15) is 11.1 Å². The molecule has 6 aliphatic rings. The topological polar surface area (TPSA) is 90.9 Å². The monoisotopic (exact) mass is 722 g/mol. The van der Waals surface area contributed by atoms with Crippen molar-refractivity contribution in [3.63, 3.8) is 0 Å². The van der Waals surface area contributed by atoms with Gasteiger partial charge in [-0.15, -0.1) is 0 Å². The lowest BCUT2D eigenvalue weighted by atomic mass is 9.87. The van der Waals surface area contributed by atoms with Crippen molar-refractivity contribution in [1.82, 2.24) is 8.97 Å². The largest absolute Gasteiger partial charge is 0.454 e. The summed E-state index contributed by atoms with van der Waals surface area (Å²) in [7, 11) is 4.32. The number of likely N-dealkylation sites (N-methyl/N-ethyl adjacent to an activating group) is 2. The van der Waals surface area contributed by atoms with Crippen molar-refractivity contribution < 1.29 is 42.7 Å². The van der Waals surface area contributed by atoms with Gasteiger partial charge in [-0.25, -0.2) is 0 Å². The second-order valence-corrected chi connectivity index (χ2v) is 15.4. The van der Waals surface area contributed by atoms with Crippen LogP contribution in [0.15, 0.2) is 72.8 Å². The Kier molecular flexibility index (Phi) is 5.89. The molecule has 12 rings (SSSR count). The van der Waals surface area contributed by atoms with Crippen molar-refractivity contribution in [2.24, 2.45) is 0 Å². The van der Waals surface area contributed by atoms with Crippen LogP contribution in [0, 0.1) is 0 Å². The number of nitrogens with zero attached hydrogens (tertiary/aromatic N) is 2. The molecule has 0 aromatic heterocycles. The normalized spacial score (nSPS) is 21.5. The van der Waals surface area contributed by atoms with E-state index in [1.807, 2.05) is 24.3 Å². The average molecular weight is 723 g/mol. The minimum absolute atomic E-state index is 0.119. The van der Waals surface area contributed by atoms with Crippen LogP contribution in [0.2, 0.25) is 0 Å². The number of ether oxygens (including phenoxy) is 8.